The summed E-state index contributed by atoms with van der Waals surface area (Å²) in [6.07, 6.45) is 1.57. The van der Waals surface area contributed by atoms with Crippen molar-refractivity contribution in [3.63, 3.8) is 0 Å². The van der Waals surface area contributed by atoms with Crippen molar-refractivity contribution in [3.8, 4) is 5.69 Å². The van der Waals surface area contributed by atoms with Crippen molar-refractivity contribution in [1.82, 2.24) is 14.5 Å². The molecule has 0 atom stereocenters. The number of hydrogen-bond acceptors (Lipinski definition) is 4. The molecule has 2 heterocycles. The molecule has 2 aromatic heterocycles. The van der Waals surface area contributed by atoms with Gasteiger partial charge in [0, 0.05) is 23.2 Å². The molecule has 0 unspecified atom stereocenters. The first kappa shape index (κ1) is 15.9. The lowest BCUT2D eigenvalue weighted by molar-refractivity contribution is -0.112. The number of nitrogens with two attached hydrogens (primary N) is 1. The summed E-state index contributed by atoms with van der Waals surface area (Å²) < 4.78 is 1.41. The molecule has 0 saturated carbocycles. The number of nitrogens with zero attached hydrogens (tertiary/aromatic N) is 3. The minimum absolute atomic E-state index is 0.0407. The standard InChI is InChI=1S/C17H13ClN4O2/c1-9-6-14(23)22(16-13(9)8-20-17(18)21-16)12-5-3-4-11(7-12)10(2)15(19)24/h3-8H,2H2,1H3,(H2,19,24). The van der Waals surface area contributed by atoms with E-state index in [0.717, 1.165) is 5.56 Å². The quantitative estimate of drug-likeness (QED) is 0.584. The molecule has 1 aromatic carbocycles. The maximum Gasteiger partial charge on any atom is 0.257 e. The summed E-state index contributed by atoms with van der Waals surface area (Å²) in [5.74, 6) is -0.626. The van der Waals surface area contributed by atoms with Crippen molar-refractivity contribution >= 4 is 34.1 Å². The first-order valence-electron chi connectivity index (χ1n) is 7.03. The number of fused-ring (bicyclic) bond motifs is 1. The first-order chi connectivity index (χ1) is 11.4. The highest BCUT2D eigenvalue weighted by molar-refractivity contribution is 6.28. The Hall–Kier alpha value is -2.99. The number of carbonyl (C=O) groups excluding carboxylic acids is 1. The normalized spacial score (nSPS) is 10.8. The molecule has 6 nitrogen and oxygen atoms in total. The molecule has 3 rings (SSSR count). The molecule has 2 N–H and O–H groups in total. The predicted octanol–water partition coefficient (Wildman–Crippen LogP) is 2.24. The molecular weight excluding hydrogens is 328 g/mol. The van der Waals surface area contributed by atoms with Crippen LogP contribution in [-0.4, -0.2) is 20.4 Å². The molecule has 0 aliphatic carbocycles. The second-order valence-electron chi connectivity index (χ2n) is 5.27. The lowest BCUT2D eigenvalue weighted by Gasteiger charge is -2.12. The summed E-state index contributed by atoms with van der Waals surface area (Å²) in [5.41, 5.74) is 7.36. The molecule has 0 aliphatic rings. The minimum atomic E-state index is -0.626. The number of primary amides is 1. The average Bonchev–Trinajstić information content (AvgIpc) is 2.54. The number of aryl methyl sites for hydroxylation is 1. The summed E-state index contributed by atoms with van der Waals surface area (Å²) >= 11 is 5.89. The summed E-state index contributed by atoms with van der Waals surface area (Å²) in [6, 6.07) is 8.28. The molecule has 24 heavy (non-hydrogen) atoms. The smallest absolute Gasteiger partial charge is 0.257 e. The van der Waals surface area contributed by atoms with Crippen molar-refractivity contribution in [3.05, 3.63) is 69.9 Å². The van der Waals surface area contributed by atoms with Crippen LogP contribution in [0.15, 0.2) is 47.9 Å². The van der Waals surface area contributed by atoms with Gasteiger partial charge in [0.1, 0.15) is 0 Å². The summed E-state index contributed by atoms with van der Waals surface area (Å²) in [5, 5.41) is 0.747. The van der Waals surface area contributed by atoms with Gasteiger partial charge in [-0.1, -0.05) is 18.7 Å². The number of pyridine rings is 1. The maximum atomic E-state index is 12.5. The lowest BCUT2D eigenvalue weighted by atomic mass is 10.1. The zero-order chi connectivity index (χ0) is 17.4. The van der Waals surface area contributed by atoms with Crippen LogP contribution in [-0.2, 0) is 4.79 Å². The number of benzene rings is 1. The fraction of sp³-hybridized carbons (Fsp3) is 0.0588. The largest absolute Gasteiger partial charge is 0.366 e. The molecule has 0 bridgehead atoms. The molecule has 0 fully saturated rings. The zero-order valence-corrected chi connectivity index (χ0v) is 13.5. The van der Waals surface area contributed by atoms with Crippen LogP contribution in [0.2, 0.25) is 5.28 Å². The highest BCUT2D eigenvalue weighted by Gasteiger charge is 2.13. The summed E-state index contributed by atoms with van der Waals surface area (Å²) in [4.78, 5) is 32.0. The van der Waals surface area contributed by atoms with Crippen molar-refractivity contribution in [2.24, 2.45) is 5.73 Å². The number of halogens is 1. The third kappa shape index (κ3) is 2.68. The predicted molar refractivity (Wildman–Crippen MR) is 93.1 cm³/mol. The number of hydrogen-bond donors (Lipinski definition) is 1. The van der Waals surface area contributed by atoms with Gasteiger partial charge in [-0.3, -0.25) is 14.2 Å². The van der Waals surface area contributed by atoms with Gasteiger partial charge in [-0.2, -0.15) is 4.98 Å². The van der Waals surface area contributed by atoms with E-state index in [1.165, 1.54) is 10.6 Å². The van der Waals surface area contributed by atoms with Crippen LogP contribution in [0.3, 0.4) is 0 Å². The van der Waals surface area contributed by atoms with Gasteiger partial charge in [-0.15, -0.1) is 0 Å². The number of rotatable bonds is 3. The van der Waals surface area contributed by atoms with Gasteiger partial charge < -0.3 is 5.73 Å². The molecule has 0 saturated heterocycles. The monoisotopic (exact) mass is 340 g/mol. The van der Waals surface area contributed by atoms with Gasteiger partial charge in [-0.05, 0) is 41.8 Å². The Morgan fingerprint density at radius 2 is 2.08 bits per heavy atom. The second kappa shape index (κ2) is 5.90. The van der Waals surface area contributed by atoms with Crippen molar-refractivity contribution in [2.45, 2.75) is 6.92 Å². The third-order valence-electron chi connectivity index (χ3n) is 3.69. The molecule has 1 amide bonds. The van der Waals surface area contributed by atoms with E-state index in [0.29, 0.717) is 22.3 Å². The average molecular weight is 341 g/mol. The highest BCUT2D eigenvalue weighted by atomic mass is 35.5. The molecule has 3 aromatic rings. The van der Waals surface area contributed by atoms with E-state index in [4.69, 9.17) is 17.3 Å². The van der Waals surface area contributed by atoms with Crippen molar-refractivity contribution < 1.29 is 4.79 Å². The Kier molecular flexibility index (Phi) is 3.91. The topological polar surface area (TPSA) is 90.9 Å². The minimum Gasteiger partial charge on any atom is -0.366 e. The Morgan fingerprint density at radius 1 is 1.33 bits per heavy atom. The molecule has 7 heteroatoms. The van der Waals surface area contributed by atoms with Crippen LogP contribution in [0.5, 0.6) is 0 Å². The molecular formula is C17H13ClN4O2. The van der Waals surface area contributed by atoms with Crippen LogP contribution >= 0.6 is 11.6 Å². The summed E-state index contributed by atoms with van der Waals surface area (Å²) in [6.45, 7) is 5.47. The van der Waals surface area contributed by atoms with Crippen LogP contribution in [0.25, 0.3) is 22.3 Å². The molecule has 0 aliphatic heterocycles. The number of carbonyl (C=O) groups is 1. The SMILES string of the molecule is C=C(C(N)=O)c1cccc(-n2c(=O)cc(C)c3cnc(Cl)nc32)c1. The fourth-order valence-electron chi connectivity index (χ4n) is 2.46. The molecule has 0 spiro atoms. The second-order valence-corrected chi connectivity index (χ2v) is 5.61. The van der Waals surface area contributed by atoms with E-state index in [9.17, 15) is 9.59 Å². The summed E-state index contributed by atoms with van der Waals surface area (Å²) in [7, 11) is 0. The highest BCUT2D eigenvalue weighted by Crippen LogP contribution is 2.21. The fourth-order valence-corrected chi connectivity index (χ4v) is 2.59. The Balaban J connectivity index is 2.33. The van der Waals surface area contributed by atoms with Crippen LogP contribution in [0, 0.1) is 6.92 Å². The molecule has 120 valence electrons. The van der Waals surface area contributed by atoms with E-state index in [-0.39, 0.29) is 16.4 Å². The Morgan fingerprint density at radius 3 is 2.79 bits per heavy atom. The maximum absolute atomic E-state index is 12.5. The van der Waals surface area contributed by atoms with E-state index in [1.807, 2.05) is 0 Å². The first-order valence-corrected chi connectivity index (χ1v) is 7.40. The Bertz CT molecular complexity index is 1060. The zero-order valence-electron chi connectivity index (χ0n) is 12.8. The van der Waals surface area contributed by atoms with Crippen molar-refractivity contribution in [1.29, 1.82) is 0 Å². The van der Waals surface area contributed by atoms with E-state index < -0.39 is 5.91 Å². The van der Waals surface area contributed by atoms with Gasteiger partial charge in [0.15, 0.2) is 5.65 Å². The number of amides is 1. The van der Waals surface area contributed by atoms with E-state index in [1.54, 1.807) is 37.4 Å². The third-order valence-corrected chi connectivity index (χ3v) is 3.87. The van der Waals surface area contributed by atoms with Crippen LogP contribution < -0.4 is 11.3 Å². The van der Waals surface area contributed by atoms with E-state index >= 15 is 0 Å². The van der Waals surface area contributed by atoms with Crippen molar-refractivity contribution in [2.75, 3.05) is 0 Å². The van der Waals surface area contributed by atoms with Crippen LogP contribution in [0.1, 0.15) is 11.1 Å². The van der Waals surface area contributed by atoms with Gasteiger partial charge in [-0.25, -0.2) is 4.98 Å². The molecule has 0 radical (unpaired) electrons. The van der Waals surface area contributed by atoms with Gasteiger partial charge in [0.2, 0.25) is 11.2 Å². The van der Waals surface area contributed by atoms with Gasteiger partial charge in [0.05, 0.1) is 5.69 Å². The number of aromatic nitrogens is 3. The van der Waals surface area contributed by atoms with Crippen LogP contribution in [0.4, 0.5) is 0 Å². The lowest BCUT2D eigenvalue weighted by Crippen LogP contribution is -2.20. The van der Waals surface area contributed by atoms with Gasteiger partial charge >= 0.3 is 0 Å². The van der Waals surface area contributed by atoms with E-state index in [2.05, 4.69) is 16.5 Å². The Labute approximate surface area is 142 Å². The van der Waals surface area contributed by atoms with Gasteiger partial charge in [0.25, 0.3) is 5.56 Å².